The normalized spacial score (nSPS) is 14.1. The quantitative estimate of drug-likeness (QED) is 0.466. The van der Waals surface area contributed by atoms with Crippen molar-refractivity contribution >= 4 is 18.0 Å². The van der Waals surface area contributed by atoms with Crippen LogP contribution >= 0.6 is 0 Å². The number of carbonyl (C=O) groups is 3. The third-order valence-corrected chi connectivity index (χ3v) is 6.19. The van der Waals surface area contributed by atoms with Crippen molar-refractivity contribution in [1.29, 1.82) is 0 Å². The molecule has 2 aromatic carbocycles. The lowest BCUT2D eigenvalue weighted by molar-refractivity contribution is -0.139. The molecule has 2 atom stereocenters. The number of nitrogens with one attached hydrogen (secondary N) is 2. The zero-order valence-corrected chi connectivity index (χ0v) is 19.7. The first-order valence-electron chi connectivity index (χ1n) is 11.4. The van der Waals surface area contributed by atoms with Gasteiger partial charge in [-0.25, -0.2) is 4.79 Å². The van der Waals surface area contributed by atoms with Crippen LogP contribution in [0, 0.1) is 11.8 Å². The Morgan fingerprint density at radius 2 is 1.59 bits per heavy atom. The third kappa shape index (κ3) is 6.14. The van der Waals surface area contributed by atoms with Crippen LogP contribution in [0.3, 0.4) is 0 Å². The molecule has 0 saturated carbocycles. The van der Waals surface area contributed by atoms with Crippen molar-refractivity contribution in [2.45, 2.75) is 32.2 Å². The van der Waals surface area contributed by atoms with E-state index in [2.05, 4.69) is 10.6 Å². The van der Waals surface area contributed by atoms with E-state index >= 15 is 0 Å². The molecule has 182 valence electrons. The minimum Gasteiger partial charge on any atom is -0.481 e. The first-order chi connectivity index (χ1) is 16.3. The van der Waals surface area contributed by atoms with E-state index in [0.29, 0.717) is 13.2 Å². The zero-order chi connectivity index (χ0) is 24.7. The van der Waals surface area contributed by atoms with Crippen LogP contribution in [0.15, 0.2) is 48.5 Å². The Hall–Kier alpha value is -3.39. The second-order valence-electron chi connectivity index (χ2n) is 8.82. The Kier molecular flexibility index (Phi) is 8.65. The van der Waals surface area contributed by atoms with Crippen LogP contribution in [0.1, 0.15) is 37.3 Å². The Morgan fingerprint density at radius 1 is 1.00 bits per heavy atom. The van der Waals surface area contributed by atoms with Crippen molar-refractivity contribution in [3.63, 3.8) is 0 Å². The van der Waals surface area contributed by atoms with Gasteiger partial charge < -0.3 is 25.2 Å². The zero-order valence-electron chi connectivity index (χ0n) is 19.7. The van der Waals surface area contributed by atoms with Gasteiger partial charge in [0.25, 0.3) is 0 Å². The molecule has 0 heterocycles. The number of rotatable bonds is 11. The van der Waals surface area contributed by atoms with Crippen molar-refractivity contribution in [2.24, 2.45) is 11.8 Å². The predicted molar refractivity (Wildman–Crippen MR) is 127 cm³/mol. The summed E-state index contributed by atoms with van der Waals surface area (Å²) in [6.07, 6.45) is -1.38. The lowest BCUT2D eigenvalue weighted by Crippen LogP contribution is -2.49. The van der Waals surface area contributed by atoms with Gasteiger partial charge in [-0.1, -0.05) is 62.4 Å². The molecule has 0 radical (unpaired) electrons. The van der Waals surface area contributed by atoms with Crippen molar-refractivity contribution < 1.29 is 29.0 Å². The van der Waals surface area contributed by atoms with Crippen molar-refractivity contribution in [3.05, 3.63) is 59.7 Å². The summed E-state index contributed by atoms with van der Waals surface area (Å²) in [6.45, 7) is 4.87. The van der Waals surface area contributed by atoms with Gasteiger partial charge in [-0.15, -0.1) is 0 Å². The molecule has 0 aliphatic heterocycles. The molecule has 2 amide bonds. The SMILES string of the molecule is COCC(CNC(=O)C(CC(=O)O)NC(=O)OCC1c2ccccc2-c2ccccc21)C(C)C. The second-order valence-corrected chi connectivity index (χ2v) is 8.82. The van der Waals surface area contributed by atoms with Crippen LogP contribution in [-0.2, 0) is 19.1 Å². The number of aliphatic carboxylic acids is 1. The standard InChI is InChI=1S/C26H32N2O6/c1-16(2)17(14-33-3)13-27-25(31)23(12-24(29)30)28-26(32)34-15-22-20-10-6-4-8-18(20)19-9-5-7-11-21(19)22/h4-11,16-17,22-23H,12-15H2,1-3H3,(H,27,31)(H,28,32)(H,29,30). The number of alkyl carbamates (subject to hydrolysis) is 1. The van der Waals surface area contributed by atoms with Crippen LogP contribution < -0.4 is 10.6 Å². The fraction of sp³-hybridized carbons (Fsp3) is 0.423. The number of hydrogen-bond acceptors (Lipinski definition) is 5. The Balaban J connectivity index is 1.62. The molecule has 0 fully saturated rings. The van der Waals surface area contributed by atoms with E-state index in [-0.39, 0.29) is 24.4 Å². The van der Waals surface area contributed by atoms with Gasteiger partial charge >= 0.3 is 12.1 Å². The van der Waals surface area contributed by atoms with Crippen LogP contribution in [0.4, 0.5) is 4.79 Å². The lowest BCUT2D eigenvalue weighted by Gasteiger charge is -2.23. The van der Waals surface area contributed by atoms with Crippen molar-refractivity contribution in [2.75, 3.05) is 26.9 Å². The van der Waals surface area contributed by atoms with E-state index in [1.165, 1.54) is 0 Å². The van der Waals surface area contributed by atoms with Gasteiger partial charge in [0.05, 0.1) is 13.0 Å². The summed E-state index contributed by atoms with van der Waals surface area (Å²) in [5.41, 5.74) is 4.33. The molecule has 3 rings (SSSR count). The predicted octanol–water partition coefficient (Wildman–Crippen LogP) is 3.40. The molecule has 2 unspecified atom stereocenters. The fourth-order valence-electron chi connectivity index (χ4n) is 4.22. The second kappa shape index (κ2) is 11.7. The minimum atomic E-state index is -1.25. The van der Waals surface area contributed by atoms with E-state index < -0.39 is 30.4 Å². The number of ether oxygens (including phenoxy) is 2. The monoisotopic (exact) mass is 468 g/mol. The molecule has 1 aliphatic carbocycles. The molecule has 3 N–H and O–H groups in total. The van der Waals surface area contributed by atoms with E-state index in [1.807, 2.05) is 62.4 Å². The Labute approximate surface area is 199 Å². The summed E-state index contributed by atoms with van der Waals surface area (Å²) < 4.78 is 10.6. The summed E-state index contributed by atoms with van der Waals surface area (Å²) in [4.78, 5) is 36.5. The number of methoxy groups -OCH3 is 1. The minimum absolute atomic E-state index is 0.0638. The number of carbonyl (C=O) groups excluding carboxylic acids is 2. The average Bonchev–Trinajstić information content (AvgIpc) is 3.13. The Bertz CT molecular complexity index is 976. The van der Waals surface area contributed by atoms with Crippen molar-refractivity contribution in [1.82, 2.24) is 10.6 Å². The summed E-state index contributed by atoms with van der Waals surface area (Å²) in [7, 11) is 1.59. The van der Waals surface area contributed by atoms with Gasteiger partial charge in [0.1, 0.15) is 12.6 Å². The summed E-state index contributed by atoms with van der Waals surface area (Å²) in [5, 5.41) is 14.4. The maximum Gasteiger partial charge on any atom is 0.407 e. The summed E-state index contributed by atoms with van der Waals surface area (Å²) in [5.74, 6) is -1.58. The van der Waals surface area contributed by atoms with Gasteiger partial charge in [-0.05, 0) is 28.2 Å². The highest BCUT2D eigenvalue weighted by atomic mass is 16.5. The molecule has 0 spiro atoms. The number of amides is 2. The number of fused-ring (bicyclic) bond motifs is 3. The fourth-order valence-corrected chi connectivity index (χ4v) is 4.22. The summed E-state index contributed by atoms with van der Waals surface area (Å²) >= 11 is 0. The van der Waals surface area contributed by atoms with Gasteiger partial charge in [-0.3, -0.25) is 9.59 Å². The largest absolute Gasteiger partial charge is 0.481 e. The molecular weight excluding hydrogens is 436 g/mol. The smallest absolute Gasteiger partial charge is 0.407 e. The molecule has 8 nitrogen and oxygen atoms in total. The molecule has 0 aromatic heterocycles. The van der Waals surface area contributed by atoms with Gasteiger partial charge in [-0.2, -0.15) is 0 Å². The summed E-state index contributed by atoms with van der Waals surface area (Å²) in [6, 6.07) is 14.7. The van der Waals surface area contributed by atoms with Crippen LogP contribution in [0.2, 0.25) is 0 Å². The van der Waals surface area contributed by atoms with Crippen molar-refractivity contribution in [3.8, 4) is 11.1 Å². The first kappa shape index (κ1) is 25.2. The molecule has 1 aliphatic rings. The lowest BCUT2D eigenvalue weighted by atomic mass is 9.96. The van der Waals surface area contributed by atoms with Gasteiger partial charge in [0.2, 0.25) is 5.91 Å². The van der Waals surface area contributed by atoms with Crippen LogP contribution in [-0.4, -0.2) is 56.0 Å². The van der Waals surface area contributed by atoms with E-state index in [0.717, 1.165) is 22.3 Å². The molecule has 0 bridgehead atoms. The average molecular weight is 469 g/mol. The first-order valence-corrected chi connectivity index (χ1v) is 11.4. The molecule has 0 saturated heterocycles. The van der Waals surface area contributed by atoms with E-state index in [4.69, 9.17) is 9.47 Å². The van der Waals surface area contributed by atoms with Crippen LogP contribution in [0.5, 0.6) is 0 Å². The number of benzene rings is 2. The van der Waals surface area contributed by atoms with Gasteiger partial charge in [0, 0.05) is 25.5 Å². The maximum absolute atomic E-state index is 12.6. The molecule has 34 heavy (non-hydrogen) atoms. The number of carboxylic acids is 1. The van der Waals surface area contributed by atoms with Gasteiger partial charge in [0.15, 0.2) is 0 Å². The molecular formula is C26H32N2O6. The Morgan fingerprint density at radius 3 is 2.12 bits per heavy atom. The van der Waals surface area contributed by atoms with Crippen LogP contribution in [0.25, 0.3) is 11.1 Å². The number of carboxylic acid groups (broad SMARTS) is 1. The maximum atomic E-state index is 12.6. The highest BCUT2D eigenvalue weighted by molar-refractivity contribution is 5.89. The highest BCUT2D eigenvalue weighted by Crippen LogP contribution is 2.44. The molecule has 8 heteroatoms. The van der Waals surface area contributed by atoms with E-state index in [9.17, 15) is 19.5 Å². The topological polar surface area (TPSA) is 114 Å². The van der Waals surface area contributed by atoms with E-state index in [1.54, 1.807) is 7.11 Å². The third-order valence-electron chi connectivity index (χ3n) is 6.19. The highest BCUT2D eigenvalue weighted by Gasteiger charge is 2.30. The number of hydrogen-bond donors (Lipinski definition) is 3. The molecule has 2 aromatic rings.